The Morgan fingerprint density at radius 3 is 1.62 bits per heavy atom. The van der Waals surface area contributed by atoms with Crippen molar-refractivity contribution in [1.29, 1.82) is 0 Å². The Morgan fingerprint density at radius 2 is 1.10 bits per heavy atom. The first kappa shape index (κ1) is 13.8. The van der Waals surface area contributed by atoms with Crippen LogP contribution in [0.1, 0.15) is 0 Å². The van der Waals surface area contributed by atoms with Crippen LogP contribution in [0, 0.1) is 0 Å². The monoisotopic (exact) mass is 291 g/mol. The maximum atomic E-state index is 2.30. The van der Waals surface area contributed by atoms with Gasteiger partial charge in [-0.15, -0.1) is 11.8 Å². The average Bonchev–Trinajstić information content (AvgIpc) is 2.58. The van der Waals surface area contributed by atoms with Gasteiger partial charge in [0.1, 0.15) is 0 Å². The quantitative estimate of drug-likeness (QED) is 0.552. The fourth-order valence-electron chi connectivity index (χ4n) is 2.40. The minimum Gasteiger partial charge on any atom is -0.309 e. The van der Waals surface area contributed by atoms with Crippen LogP contribution in [0.2, 0.25) is 0 Å². The zero-order chi connectivity index (χ0) is 14.5. The third kappa shape index (κ3) is 2.96. The Kier molecular flexibility index (Phi) is 4.27. The molecule has 0 atom stereocenters. The first-order valence-corrected chi connectivity index (χ1v) is 8.16. The maximum absolute atomic E-state index is 2.30. The van der Waals surface area contributed by atoms with Crippen molar-refractivity contribution in [3.63, 3.8) is 0 Å². The standard InChI is InChI=1S/C19H17NS/c1-21-19-15-9-8-14-18(19)20(16-10-4-2-5-11-16)17-12-6-3-7-13-17/h2-15H,1H3. The van der Waals surface area contributed by atoms with E-state index in [9.17, 15) is 0 Å². The zero-order valence-electron chi connectivity index (χ0n) is 11.9. The molecule has 0 N–H and O–H groups in total. The number of thioether (sulfide) groups is 1. The number of para-hydroxylation sites is 3. The van der Waals surface area contributed by atoms with Crippen LogP contribution < -0.4 is 4.90 Å². The topological polar surface area (TPSA) is 3.24 Å². The van der Waals surface area contributed by atoms with E-state index in [4.69, 9.17) is 0 Å². The number of hydrogen-bond acceptors (Lipinski definition) is 2. The third-order valence-corrected chi connectivity index (χ3v) is 4.14. The molecule has 21 heavy (non-hydrogen) atoms. The van der Waals surface area contributed by atoms with Gasteiger partial charge in [0.2, 0.25) is 0 Å². The van der Waals surface area contributed by atoms with Crippen molar-refractivity contribution in [2.45, 2.75) is 4.90 Å². The van der Waals surface area contributed by atoms with Gasteiger partial charge in [0.15, 0.2) is 0 Å². The Morgan fingerprint density at radius 1 is 0.619 bits per heavy atom. The van der Waals surface area contributed by atoms with Gasteiger partial charge in [-0.1, -0.05) is 48.5 Å². The highest BCUT2D eigenvalue weighted by Crippen LogP contribution is 2.39. The lowest BCUT2D eigenvalue weighted by molar-refractivity contribution is 1.23. The Bertz CT molecular complexity index is 656. The second kappa shape index (κ2) is 6.51. The van der Waals surface area contributed by atoms with E-state index in [1.165, 1.54) is 22.0 Å². The van der Waals surface area contributed by atoms with Gasteiger partial charge in [0, 0.05) is 16.3 Å². The molecule has 104 valence electrons. The van der Waals surface area contributed by atoms with Crippen molar-refractivity contribution in [1.82, 2.24) is 0 Å². The number of hydrogen-bond donors (Lipinski definition) is 0. The molecule has 0 amide bonds. The van der Waals surface area contributed by atoms with E-state index in [2.05, 4.69) is 84.0 Å². The maximum Gasteiger partial charge on any atom is 0.0597 e. The summed E-state index contributed by atoms with van der Waals surface area (Å²) < 4.78 is 0. The van der Waals surface area contributed by atoms with Crippen molar-refractivity contribution in [2.24, 2.45) is 0 Å². The van der Waals surface area contributed by atoms with Crippen LogP contribution in [0.15, 0.2) is 89.8 Å². The van der Waals surface area contributed by atoms with E-state index < -0.39 is 0 Å². The van der Waals surface area contributed by atoms with Crippen molar-refractivity contribution in [2.75, 3.05) is 11.2 Å². The van der Waals surface area contributed by atoms with Gasteiger partial charge in [0.25, 0.3) is 0 Å². The lowest BCUT2D eigenvalue weighted by Crippen LogP contribution is -2.10. The fraction of sp³-hybridized carbons (Fsp3) is 0.0526. The molecule has 2 heteroatoms. The Labute approximate surface area is 130 Å². The summed E-state index contributed by atoms with van der Waals surface area (Å²) in [6.07, 6.45) is 2.12. The lowest BCUT2D eigenvalue weighted by Gasteiger charge is -2.27. The highest BCUT2D eigenvalue weighted by atomic mass is 32.2. The molecule has 1 nitrogen and oxygen atoms in total. The molecule has 0 saturated carbocycles. The molecule has 0 saturated heterocycles. The molecule has 0 heterocycles. The first-order valence-electron chi connectivity index (χ1n) is 6.93. The summed E-state index contributed by atoms with van der Waals surface area (Å²) in [6.45, 7) is 0. The van der Waals surface area contributed by atoms with Crippen LogP contribution in [0.25, 0.3) is 0 Å². The summed E-state index contributed by atoms with van der Waals surface area (Å²) in [4.78, 5) is 3.57. The van der Waals surface area contributed by atoms with E-state index in [0.29, 0.717) is 0 Å². The molecule has 3 aromatic rings. The predicted octanol–water partition coefficient (Wildman–Crippen LogP) is 5.88. The van der Waals surface area contributed by atoms with Crippen molar-refractivity contribution in [3.8, 4) is 0 Å². The molecule has 0 spiro atoms. The summed E-state index contributed by atoms with van der Waals surface area (Å²) in [5.41, 5.74) is 3.55. The minimum atomic E-state index is 1.17. The van der Waals surface area contributed by atoms with Crippen LogP contribution in [-0.4, -0.2) is 6.26 Å². The van der Waals surface area contributed by atoms with Crippen LogP contribution in [0.4, 0.5) is 17.1 Å². The van der Waals surface area contributed by atoms with Gasteiger partial charge in [-0.05, 0) is 42.7 Å². The summed E-state index contributed by atoms with van der Waals surface area (Å²) >= 11 is 1.77. The second-order valence-corrected chi connectivity index (χ2v) is 5.53. The smallest absolute Gasteiger partial charge is 0.0597 e. The van der Waals surface area contributed by atoms with E-state index in [0.717, 1.165) is 0 Å². The summed E-state index contributed by atoms with van der Waals surface area (Å²) in [7, 11) is 0. The lowest BCUT2D eigenvalue weighted by atomic mass is 10.2. The molecule has 3 rings (SSSR count). The number of rotatable bonds is 4. The van der Waals surface area contributed by atoms with Crippen molar-refractivity contribution in [3.05, 3.63) is 84.9 Å². The molecule has 0 unspecified atom stereocenters. The van der Waals surface area contributed by atoms with Gasteiger partial charge < -0.3 is 4.90 Å². The number of nitrogens with zero attached hydrogens (tertiary/aromatic N) is 1. The van der Waals surface area contributed by atoms with Crippen molar-refractivity contribution < 1.29 is 0 Å². The van der Waals surface area contributed by atoms with E-state index in [1.807, 2.05) is 12.1 Å². The SMILES string of the molecule is CSc1ccccc1N(c1ccccc1)c1ccccc1. The highest BCUT2D eigenvalue weighted by molar-refractivity contribution is 7.98. The molecule has 0 aliphatic heterocycles. The Hall–Kier alpha value is -2.19. The van der Waals surface area contributed by atoms with Gasteiger partial charge in [0.05, 0.1) is 5.69 Å². The molecule has 0 bridgehead atoms. The summed E-state index contributed by atoms with van der Waals surface area (Å²) in [6, 6.07) is 29.5. The van der Waals surface area contributed by atoms with E-state index in [1.54, 1.807) is 11.8 Å². The highest BCUT2D eigenvalue weighted by Gasteiger charge is 2.14. The van der Waals surface area contributed by atoms with Crippen LogP contribution in [0.3, 0.4) is 0 Å². The van der Waals surface area contributed by atoms with Gasteiger partial charge in [-0.2, -0.15) is 0 Å². The molecule has 0 aromatic heterocycles. The predicted molar refractivity (Wildman–Crippen MR) is 92.9 cm³/mol. The average molecular weight is 291 g/mol. The molecule has 0 radical (unpaired) electrons. The molecule has 0 aliphatic carbocycles. The van der Waals surface area contributed by atoms with Crippen LogP contribution >= 0.6 is 11.8 Å². The minimum absolute atomic E-state index is 1.17. The van der Waals surface area contributed by atoms with Crippen molar-refractivity contribution >= 4 is 28.8 Å². The molecule has 0 fully saturated rings. The molecule has 0 aliphatic rings. The van der Waals surface area contributed by atoms with Crippen LogP contribution in [-0.2, 0) is 0 Å². The van der Waals surface area contributed by atoms with Gasteiger partial charge in [-0.25, -0.2) is 0 Å². The number of anilines is 3. The first-order chi connectivity index (χ1) is 10.4. The van der Waals surface area contributed by atoms with Crippen LogP contribution in [0.5, 0.6) is 0 Å². The number of benzene rings is 3. The Balaban J connectivity index is 2.17. The molecular formula is C19H17NS. The molecule has 3 aromatic carbocycles. The van der Waals surface area contributed by atoms with Gasteiger partial charge in [-0.3, -0.25) is 0 Å². The summed E-state index contributed by atoms with van der Waals surface area (Å²) in [5.74, 6) is 0. The fourth-order valence-corrected chi connectivity index (χ4v) is 2.98. The third-order valence-electron chi connectivity index (χ3n) is 3.35. The second-order valence-electron chi connectivity index (χ2n) is 4.68. The normalized spacial score (nSPS) is 10.3. The van der Waals surface area contributed by atoms with E-state index >= 15 is 0 Å². The molecular weight excluding hydrogens is 274 g/mol. The van der Waals surface area contributed by atoms with E-state index in [-0.39, 0.29) is 0 Å². The largest absolute Gasteiger partial charge is 0.309 e. The zero-order valence-corrected chi connectivity index (χ0v) is 12.8. The summed E-state index contributed by atoms with van der Waals surface area (Å²) in [5, 5.41) is 0. The van der Waals surface area contributed by atoms with Gasteiger partial charge >= 0.3 is 0 Å².